The van der Waals surface area contributed by atoms with E-state index in [0.717, 1.165) is 19.8 Å². The lowest BCUT2D eigenvalue weighted by atomic mass is 10.0. The maximum Gasteiger partial charge on any atom is 0.0511 e. The van der Waals surface area contributed by atoms with E-state index in [2.05, 4.69) is 48.5 Å². The molecule has 0 aromatic heterocycles. The molecule has 3 heteroatoms. The highest BCUT2D eigenvalue weighted by Crippen LogP contribution is 2.21. The van der Waals surface area contributed by atoms with Crippen LogP contribution in [-0.2, 0) is 4.74 Å². The molecule has 0 spiro atoms. The van der Waals surface area contributed by atoms with Crippen molar-refractivity contribution in [3.63, 3.8) is 0 Å². The Hall–Kier alpha value is -1.06. The second kappa shape index (κ2) is 6.92. The summed E-state index contributed by atoms with van der Waals surface area (Å²) in [6.07, 6.45) is 2.50. The molecular weight excluding hydrogens is 236 g/mol. The number of anilines is 1. The number of hydrogen-bond acceptors (Lipinski definition) is 3. The van der Waals surface area contributed by atoms with Gasteiger partial charge in [-0.3, -0.25) is 0 Å². The highest BCUT2D eigenvalue weighted by atomic mass is 16.5. The van der Waals surface area contributed by atoms with Crippen LogP contribution in [0.4, 0.5) is 5.69 Å². The zero-order valence-corrected chi connectivity index (χ0v) is 12.4. The van der Waals surface area contributed by atoms with Crippen LogP contribution in [0, 0.1) is 5.92 Å². The molecule has 1 aliphatic rings. The first-order valence-corrected chi connectivity index (χ1v) is 7.27. The van der Waals surface area contributed by atoms with Gasteiger partial charge in [0, 0.05) is 31.9 Å². The van der Waals surface area contributed by atoms with Crippen molar-refractivity contribution < 1.29 is 4.74 Å². The molecule has 2 rings (SSSR count). The minimum atomic E-state index is 0.408. The smallest absolute Gasteiger partial charge is 0.0511 e. The number of nitrogens with zero attached hydrogens (tertiary/aromatic N) is 1. The van der Waals surface area contributed by atoms with Crippen molar-refractivity contribution in [2.45, 2.75) is 25.8 Å². The second-order valence-electron chi connectivity index (χ2n) is 5.57. The van der Waals surface area contributed by atoms with Crippen LogP contribution >= 0.6 is 0 Å². The molecule has 0 saturated carbocycles. The normalized spacial score (nSPS) is 21.1. The monoisotopic (exact) mass is 262 g/mol. The van der Waals surface area contributed by atoms with E-state index in [-0.39, 0.29) is 0 Å². The van der Waals surface area contributed by atoms with Crippen LogP contribution in [-0.4, -0.2) is 33.9 Å². The molecule has 1 N–H and O–H groups in total. The molecular formula is C16H26N2O. The Morgan fingerprint density at radius 1 is 1.37 bits per heavy atom. The molecule has 0 aliphatic carbocycles. The molecule has 1 aliphatic heterocycles. The Labute approximate surface area is 116 Å². The summed E-state index contributed by atoms with van der Waals surface area (Å²) in [6.45, 7) is 5.12. The van der Waals surface area contributed by atoms with Crippen molar-refractivity contribution in [1.82, 2.24) is 5.32 Å². The van der Waals surface area contributed by atoms with E-state index < -0.39 is 0 Å². The molecule has 3 nitrogen and oxygen atoms in total. The van der Waals surface area contributed by atoms with Crippen LogP contribution in [0.3, 0.4) is 0 Å². The average molecular weight is 262 g/mol. The topological polar surface area (TPSA) is 24.5 Å². The van der Waals surface area contributed by atoms with Crippen molar-refractivity contribution in [3.05, 3.63) is 29.8 Å². The van der Waals surface area contributed by atoms with E-state index in [9.17, 15) is 0 Å². The van der Waals surface area contributed by atoms with Gasteiger partial charge in [-0.1, -0.05) is 12.1 Å². The zero-order chi connectivity index (χ0) is 13.7. The molecule has 1 saturated heterocycles. The third kappa shape index (κ3) is 3.95. The van der Waals surface area contributed by atoms with Crippen molar-refractivity contribution >= 4 is 5.69 Å². The summed E-state index contributed by atoms with van der Waals surface area (Å²) >= 11 is 0. The summed E-state index contributed by atoms with van der Waals surface area (Å²) in [7, 11) is 4.17. The van der Waals surface area contributed by atoms with Crippen molar-refractivity contribution in [3.8, 4) is 0 Å². The Kier molecular flexibility index (Phi) is 5.23. The summed E-state index contributed by atoms with van der Waals surface area (Å²) < 4.78 is 5.55. The Morgan fingerprint density at radius 2 is 2.11 bits per heavy atom. The predicted octanol–water partition coefficient (Wildman–Crippen LogP) is 2.83. The predicted molar refractivity (Wildman–Crippen MR) is 80.7 cm³/mol. The molecule has 0 bridgehead atoms. The van der Waals surface area contributed by atoms with Crippen LogP contribution < -0.4 is 10.2 Å². The second-order valence-corrected chi connectivity index (χ2v) is 5.57. The number of ether oxygens (including phenoxy) is 1. The van der Waals surface area contributed by atoms with E-state index in [0.29, 0.717) is 12.0 Å². The van der Waals surface area contributed by atoms with Crippen molar-refractivity contribution in [2.75, 3.05) is 38.8 Å². The van der Waals surface area contributed by atoms with Gasteiger partial charge in [-0.2, -0.15) is 0 Å². The van der Waals surface area contributed by atoms with Crippen molar-refractivity contribution in [1.29, 1.82) is 0 Å². The van der Waals surface area contributed by atoms with Gasteiger partial charge >= 0.3 is 0 Å². The van der Waals surface area contributed by atoms with Gasteiger partial charge in [0.05, 0.1) is 6.61 Å². The summed E-state index contributed by atoms with van der Waals surface area (Å²) in [5.74, 6) is 0.676. The van der Waals surface area contributed by atoms with Crippen LogP contribution in [0.5, 0.6) is 0 Å². The molecule has 1 aromatic rings. The first kappa shape index (κ1) is 14.4. The third-order valence-electron chi connectivity index (χ3n) is 4.05. The molecule has 19 heavy (non-hydrogen) atoms. The summed E-state index contributed by atoms with van der Waals surface area (Å²) in [5.41, 5.74) is 2.62. The molecule has 1 heterocycles. The first-order chi connectivity index (χ1) is 9.20. The molecule has 0 radical (unpaired) electrons. The fraction of sp³-hybridized carbons (Fsp3) is 0.625. The molecule has 2 unspecified atom stereocenters. The minimum absolute atomic E-state index is 0.408. The molecule has 0 amide bonds. The number of nitrogens with one attached hydrogen (secondary N) is 1. The lowest BCUT2D eigenvalue weighted by Gasteiger charge is -2.28. The fourth-order valence-corrected chi connectivity index (χ4v) is 2.63. The largest absolute Gasteiger partial charge is 0.381 e. The van der Waals surface area contributed by atoms with Gasteiger partial charge < -0.3 is 15.0 Å². The standard InChI is InChI=1S/C16H26N2O/c1-13(17-2)15-6-8-16(9-7-15)18(3)11-14-5-4-10-19-12-14/h6-9,13-14,17H,4-5,10-12H2,1-3H3. The van der Waals surface area contributed by atoms with Gasteiger partial charge in [-0.15, -0.1) is 0 Å². The fourth-order valence-electron chi connectivity index (χ4n) is 2.63. The van der Waals surface area contributed by atoms with Gasteiger partial charge in [-0.05, 0) is 50.4 Å². The maximum absolute atomic E-state index is 5.55. The van der Waals surface area contributed by atoms with Gasteiger partial charge in [0.1, 0.15) is 0 Å². The number of hydrogen-bond donors (Lipinski definition) is 1. The lowest BCUT2D eigenvalue weighted by molar-refractivity contribution is 0.0576. The van der Waals surface area contributed by atoms with E-state index in [4.69, 9.17) is 4.74 Å². The highest BCUT2D eigenvalue weighted by Gasteiger charge is 2.16. The van der Waals surface area contributed by atoms with Crippen LogP contribution in [0.2, 0.25) is 0 Å². The minimum Gasteiger partial charge on any atom is -0.381 e. The molecule has 1 fully saturated rings. The Balaban J connectivity index is 1.93. The summed E-state index contributed by atoms with van der Waals surface area (Å²) in [5, 5.41) is 3.27. The number of benzene rings is 1. The molecule has 1 aromatic carbocycles. The van der Waals surface area contributed by atoms with E-state index in [1.54, 1.807) is 0 Å². The van der Waals surface area contributed by atoms with Gasteiger partial charge in [-0.25, -0.2) is 0 Å². The maximum atomic E-state index is 5.55. The van der Waals surface area contributed by atoms with Crippen LogP contribution in [0.15, 0.2) is 24.3 Å². The van der Waals surface area contributed by atoms with E-state index in [1.807, 2.05) is 7.05 Å². The summed E-state index contributed by atoms with van der Waals surface area (Å²) in [6, 6.07) is 9.26. The lowest BCUT2D eigenvalue weighted by Crippen LogP contribution is -2.30. The van der Waals surface area contributed by atoms with E-state index in [1.165, 1.54) is 24.1 Å². The quantitative estimate of drug-likeness (QED) is 0.883. The van der Waals surface area contributed by atoms with Gasteiger partial charge in [0.25, 0.3) is 0 Å². The highest BCUT2D eigenvalue weighted by molar-refractivity contribution is 5.47. The van der Waals surface area contributed by atoms with Gasteiger partial charge in [0.2, 0.25) is 0 Å². The van der Waals surface area contributed by atoms with Crippen LogP contribution in [0.1, 0.15) is 31.4 Å². The average Bonchev–Trinajstić information content (AvgIpc) is 2.47. The van der Waals surface area contributed by atoms with Gasteiger partial charge in [0.15, 0.2) is 0 Å². The summed E-state index contributed by atoms with van der Waals surface area (Å²) in [4.78, 5) is 2.34. The Morgan fingerprint density at radius 3 is 2.68 bits per heavy atom. The van der Waals surface area contributed by atoms with Crippen LogP contribution in [0.25, 0.3) is 0 Å². The molecule has 106 valence electrons. The Bertz CT molecular complexity index is 371. The third-order valence-corrected chi connectivity index (χ3v) is 4.05. The van der Waals surface area contributed by atoms with E-state index >= 15 is 0 Å². The first-order valence-electron chi connectivity index (χ1n) is 7.27. The zero-order valence-electron chi connectivity index (χ0n) is 12.4. The molecule has 2 atom stereocenters. The van der Waals surface area contributed by atoms with Crippen molar-refractivity contribution in [2.24, 2.45) is 5.92 Å². The SMILES string of the molecule is CNC(C)c1ccc(N(C)CC2CCCOC2)cc1. The number of rotatable bonds is 5.